The molecule has 0 aliphatic carbocycles. The van der Waals surface area contributed by atoms with Gasteiger partial charge in [0.1, 0.15) is 12.4 Å². The molecule has 0 unspecified atom stereocenters. The largest absolute Gasteiger partial charge is 0.493 e. The lowest BCUT2D eigenvalue weighted by Crippen LogP contribution is -2.36. The molecule has 7 heteroatoms. The molecule has 1 aliphatic rings. The standard InChI is InChI=1S/C19H23ClN4O2/c1-2-26-21-13-16-4-3-5-17(12-16)25-14-15-8-10-24(11-9-15)19-7-6-18(20)22-23-19/h3-7,12-13,15H,2,8-11,14H2,1H3/b21-13+. The molecule has 26 heavy (non-hydrogen) atoms. The first kappa shape index (κ1) is 18.5. The van der Waals surface area contributed by atoms with Crippen molar-refractivity contribution >= 4 is 23.6 Å². The smallest absolute Gasteiger partial charge is 0.151 e. The molecule has 1 saturated heterocycles. The van der Waals surface area contributed by atoms with Crippen molar-refractivity contribution in [3.63, 3.8) is 0 Å². The Morgan fingerprint density at radius 2 is 2.08 bits per heavy atom. The minimum atomic E-state index is 0.422. The third-order valence-electron chi connectivity index (χ3n) is 4.31. The maximum atomic E-state index is 5.98. The van der Waals surface area contributed by atoms with Crippen LogP contribution in [0, 0.1) is 5.92 Å². The molecule has 0 radical (unpaired) electrons. The lowest BCUT2D eigenvalue weighted by atomic mass is 9.98. The quantitative estimate of drug-likeness (QED) is 0.545. The molecule has 0 bridgehead atoms. The van der Waals surface area contributed by atoms with Gasteiger partial charge in [0.2, 0.25) is 0 Å². The van der Waals surface area contributed by atoms with Crippen LogP contribution in [0.4, 0.5) is 5.82 Å². The van der Waals surface area contributed by atoms with Gasteiger partial charge in [-0.1, -0.05) is 28.9 Å². The highest BCUT2D eigenvalue weighted by Gasteiger charge is 2.21. The van der Waals surface area contributed by atoms with E-state index < -0.39 is 0 Å². The normalized spacial score (nSPS) is 15.4. The summed E-state index contributed by atoms with van der Waals surface area (Å²) in [5.74, 6) is 2.28. The van der Waals surface area contributed by atoms with E-state index in [2.05, 4.69) is 20.3 Å². The molecule has 2 aromatic rings. The molecule has 3 rings (SSSR count). The van der Waals surface area contributed by atoms with Crippen molar-refractivity contribution in [2.45, 2.75) is 19.8 Å². The third-order valence-corrected chi connectivity index (χ3v) is 4.51. The summed E-state index contributed by atoms with van der Waals surface area (Å²) < 4.78 is 5.98. The van der Waals surface area contributed by atoms with E-state index in [0.717, 1.165) is 43.1 Å². The topological polar surface area (TPSA) is 59.8 Å². The third kappa shape index (κ3) is 5.33. The molecule has 1 aromatic carbocycles. The summed E-state index contributed by atoms with van der Waals surface area (Å²) in [7, 11) is 0. The van der Waals surface area contributed by atoms with Crippen molar-refractivity contribution in [1.82, 2.24) is 10.2 Å². The van der Waals surface area contributed by atoms with Gasteiger partial charge in [-0.25, -0.2) is 0 Å². The van der Waals surface area contributed by atoms with Gasteiger partial charge < -0.3 is 14.5 Å². The fourth-order valence-electron chi connectivity index (χ4n) is 2.88. The molecular weight excluding hydrogens is 352 g/mol. The van der Waals surface area contributed by atoms with Gasteiger partial charge in [-0.15, -0.1) is 10.2 Å². The summed E-state index contributed by atoms with van der Waals surface area (Å²) in [6, 6.07) is 11.6. The molecule has 1 fully saturated rings. The number of benzene rings is 1. The minimum absolute atomic E-state index is 0.422. The fourth-order valence-corrected chi connectivity index (χ4v) is 2.98. The Labute approximate surface area is 158 Å². The van der Waals surface area contributed by atoms with Crippen LogP contribution >= 0.6 is 11.6 Å². The molecule has 0 amide bonds. The van der Waals surface area contributed by atoms with Crippen LogP contribution in [0.25, 0.3) is 0 Å². The lowest BCUT2D eigenvalue weighted by molar-refractivity contribution is 0.160. The number of hydrogen-bond acceptors (Lipinski definition) is 6. The highest BCUT2D eigenvalue weighted by molar-refractivity contribution is 6.29. The van der Waals surface area contributed by atoms with Gasteiger partial charge in [-0.05, 0) is 55.5 Å². The van der Waals surface area contributed by atoms with Crippen molar-refractivity contribution in [2.24, 2.45) is 11.1 Å². The summed E-state index contributed by atoms with van der Waals surface area (Å²) in [5.41, 5.74) is 0.965. The van der Waals surface area contributed by atoms with E-state index in [0.29, 0.717) is 24.3 Å². The molecule has 1 aromatic heterocycles. The van der Waals surface area contributed by atoms with Crippen LogP contribution in [0.1, 0.15) is 25.3 Å². The molecular formula is C19H23ClN4O2. The zero-order chi connectivity index (χ0) is 18.2. The van der Waals surface area contributed by atoms with Crippen molar-refractivity contribution in [2.75, 3.05) is 31.2 Å². The number of ether oxygens (including phenoxy) is 1. The molecule has 0 spiro atoms. The van der Waals surface area contributed by atoms with Gasteiger partial charge in [0.25, 0.3) is 0 Å². The van der Waals surface area contributed by atoms with Gasteiger partial charge in [-0.2, -0.15) is 0 Å². The average molecular weight is 375 g/mol. The summed E-state index contributed by atoms with van der Waals surface area (Å²) >= 11 is 5.80. The number of rotatable bonds is 7. The summed E-state index contributed by atoms with van der Waals surface area (Å²) in [6.45, 7) is 5.08. The highest BCUT2D eigenvalue weighted by Crippen LogP contribution is 2.23. The predicted molar refractivity (Wildman–Crippen MR) is 103 cm³/mol. The molecule has 1 aliphatic heterocycles. The number of hydrogen-bond donors (Lipinski definition) is 0. The number of halogens is 1. The molecule has 0 N–H and O–H groups in total. The Bertz CT molecular complexity index is 716. The number of piperidine rings is 1. The predicted octanol–water partition coefficient (Wildman–Crippen LogP) is 3.80. The van der Waals surface area contributed by atoms with Gasteiger partial charge in [0, 0.05) is 13.1 Å². The van der Waals surface area contributed by atoms with Crippen LogP contribution in [0.15, 0.2) is 41.6 Å². The number of aromatic nitrogens is 2. The van der Waals surface area contributed by atoms with Crippen LogP contribution < -0.4 is 9.64 Å². The second-order valence-electron chi connectivity index (χ2n) is 6.18. The zero-order valence-corrected chi connectivity index (χ0v) is 15.6. The first-order valence-corrected chi connectivity index (χ1v) is 9.25. The van der Waals surface area contributed by atoms with E-state index in [9.17, 15) is 0 Å². The van der Waals surface area contributed by atoms with E-state index in [1.54, 1.807) is 12.3 Å². The average Bonchev–Trinajstić information content (AvgIpc) is 2.68. The first-order chi connectivity index (χ1) is 12.7. The van der Waals surface area contributed by atoms with Crippen LogP contribution in [0.2, 0.25) is 5.15 Å². The van der Waals surface area contributed by atoms with Crippen molar-refractivity contribution in [1.29, 1.82) is 0 Å². The summed E-state index contributed by atoms with van der Waals surface area (Å²) in [6.07, 6.45) is 3.83. The van der Waals surface area contributed by atoms with E-state index in [4.69, 9.17) is 21.2 Å². The Kier molecular flexibility index (Phi) is 6.66. The summed E-state index contributed by atoms with van der Waals surface area (Å²) in [4.78, 5) is 7.23. The summed E-state index contributed by atoms with van der Waals surface area (Å²) in [5, 5.41) is 12.4. The van der Waals surface area contributed by atoms with Crippen LogP contribution in [0.3, 0.4) is 0 Å². The van der Waals surface area contributed by atoms with Gasteiger partial charge in [-0.3, -0.25) is 0 Å². The molecule has 0 saturated carbocycles. The highest BCUT2D eigenvalue weighted by atomic mass is 35.5. The van der Waals surface area contributed by atoms with Gasteiger partial charge in [0.05, 0.1) is 12.8 Å². The van der Waals surface area contributed by atoms with E-state index in [-0.39, 0.29) is 0 Å². The van der Waals surface area contributed by atoms with Crippen molar-refractivity contribution in [3.05, 3.63) is 47.1 Å². The monoisotopic (exact) mass is 374 g/mol. The molecule has 2 heterocycles. The Balaban J connectivity index is 1.46. The Morgan fingerprint density at radius 3 is 2.81 bits per heavy atom. The Hall–Kier alpha value is -2.34. The molecule has 138 valence electrons. The number of nitrogens with zero attached hydrogens (tertiary/aromatic N) is 4. The molecule has 0 atom stereocenters. The second kappa shape index (κ2) is 9.38. The van der Waals surface area contributed by atoms with E-state index in [1.807, 2.05) is 37.3 Å². The van der Waals surface area contributed by atoms with Crippen molar-refractivity contribution < 1.29 is 9.57 Å². The van der Waals surface area contributed by atoms with Gasteiger partial charge in [0.15, 0.2) is 11.0 Å². The van der Waals surface area contributed by atoms with Crippen LogP contribution in [-0.4, -0.2) is 42.7 Å². The van der Waals surface area contributed by atoms with E-state index in [1.165, 1.54) is 0 Å². The minimum Gasteiger partial charge on any atom is -0.493 e. The lowest BCUT2D eigenvalue weighted by Gasteiger charge is -2.32. The molecule has 6 nitrogen and oxygen atoms in total. The zero-order valence-electron chi connectivity index (χ0n) is 14.8. The SMILES string of the molecule is CCO/N=C/c1cccc(OCC2CCN(c3ccc(Cl)nn3)CC2)c1. The van der Waals surface area contributed by atoms with Crippen LogP contribution in [0.5, 0.6) is 5.75 Å². The maximum Gasteiger partial charge on any atom is 0.151 e. The number of oxime groups is 1. The van der Waals surface area contributed by atoms with Crippen molar-refractivity contribution in [3.8, 4) is 5.75 Å². The maximum absolute atomic E-state index is 5.98. The Morgan fingerprint density at radius 1 is 1.23 bits per heavy atom. The second-order valence-corrected chi connectivity index (χ2v) is 6.57. The van der Waals surface area contributed by atoms with Crippen LogP contribution in [-0.2, 0) is 4.84 Å². The first-order valence-electron chi connectivity index (χ1n) is 8.87. The van der Waals surface area contributed by atoms with E-state index >= 15 is 0 Å². The number of anilines is 1. The fraction of sp³-hybridized carbons (Fsp3) is 0.421. The van der Waals surface area contributed by atoms with Gasteiger partial charge >= 0.3 is 0 Å².